The first-order chi connectivity index (χ1) is 8.56. The van der Waals surface area contributed by atoms with E-state index < -0.39 is 0 Å². The van der Waals surface area contributed by atoms with Crippen molar-refractivity contribution in [1.29, 1.82) is 0 Å². The minimum absolute atomic E-state index is 0.0327. The van der Waals surface area contributed by atoms with Crippen molar-refractivity contribution in [3.05, 3.63) is 34.9 Å². The number of likely N-dealkylation sites (tertiary alicyclic amines) is 1. The molecule has 1 aliphatic heterocycles. The first-order valence-corrected chi connectivity index (χ1v) is 6.64. The van der Waals surface area contributed by atoms with Gasteiger partial charge in [0.1, 0.15) is 0 Å². The second-order valence-electron chi connectivity index (χ2n) is 5.40. The van der Waals surface area contributed by atoms with E-state index in [2.05, 4.69) is 36.9 Å². The van der Waals surface area contributed by atoms with Gasteiger partial charge in [0.15, 0.2) is 0 Å². The molecule has 0 radical (unpaired) electrons. The van der Waals surface area contributed by atoms with Crippen LogP contribution >= 0.6 is 0 Å². The highest BCUT2D eigenvalue weighted by Crippen LogP contribution is 2.19. The number of benzene rings is 1. The van der Waals surface area contributed by atoms with Crippen LogP contribution in [0.5, 0.6) is 0 Å². The minimum atomic E-state index is -0.153. The molecule has 2 N–H and O–H groups in total. The van der Waals surface area contributed by atoms with Gasteiger partial charge in [0.05, 0.1) is 5.92 Å². The molecule has 1 fully saturated rings. The molecule has 0 bridgehead atoms. The SMILES string of the molecule is Cc1ccc(CN2CCCC(C(N)=O)C2)cc1C. The third kappa shape index (κ3) is 3.10. The number of carbonyl (C=O) groups is 1. The largest absolute Gasteiger partial charge is 0.369 e. The lowest BCUT2D eigenvalue weighted by atomic mass is 9.97. The topological polar surface area (TPSA) is 46.3 Å². The smallest absolute Gasteiger partial charge is 0.221 e. The van der Waals surface area contributed by atoms with Gasteiger partial charge in [0, 0.05) is 13.1 Å². The highest BCUT2D eigenvalue weighted by molar-refractivity contribution is 5.76. The monoisotopic (exact) mass is 246 g/mol. The van der Waals surface area contributed by atoms with Crippen molar-refractivity contribution in [1.82, 2.24) is 4.90 Å². The Hall–Kier alpha value is -1.35. The Balaban J connectivity index is 2.00. The molecule has 1 aliphatic rings. The molecule has 1 heterocycles. The van der Waals surface area contributed by atoms with Crippen LogP contribution in [0.4, 0.5) is 0 Å². The van der Waals surface area contributed by atoms with Gasteiger partial charge in [-0.25, -0.2) is 0 Å². The maximum absolute atomic E-state index is 11.2. The zero-order chi connectivity index (χ0) is 13.1. The summed E-state index contributed by atoms with van der Waals surface area (Å²) in [5.74, 6) is -0.120. The number of hydrogen-bond donors (Lipinski definition) is 1. The van der Waals surface area contributed by atoms with Gasteiger partial charge in [-0.15, -0.1) is 0 Å². The van der Waals surface area contributed by atoms with Gasteiger partial charge in [0.2, 0.25) is 5.91 Å². The fourth-order valence-corrected chi connectivity index (χ4v) is 2.59. The Morgan fingerprint density at radius 1 is 1.39 bits per heavy atom. The van der Waals surface area contributed by atoms with Crippen LogP contribution in [0.1, 0.15) is 29.5 Å². The third-order valence-electron chi connectivity index (χ3n) is 3.89. The number of nitrogens with two attached hydrogens (primary N) is 1. The Morgan fingerprint density at radius 3 is 2.83 bits per heavy atom. The minimum Gasteiger partial charge on any atom is -0.369 e. The highest BCUT2D eigenvalue weighted by Gasteiger charge is 2.23. The summed E-state index contributed by atoms with van der Waals surface area (Å²) in [6.07, 6.45) is 2.01. The van der Waals surface area contributed by atoms with Crippen molar-refractivity contribution in [2.24, 2.45) is 11.7 Å². The molecule has 1 aromatic carbocycles. The Morgan fingerprint density at radius 2 is 2.17 bits per heavy atom. The molecule has 98 valence electrons. The first-order valence-electron chi connectivity index (χ1n) is 6.64. The molecular weight excluding hydrogens is 224 g/mol. The van der Waals surface area contributed by atoms with E-state index in [0.717, 1.165) is 32.5 Å². The summed E-state index contributed by atoms with van der Waals surface area (Å²) >= 11 is 0. The lowest BCUT2D eigenvalue weighted by Crippen LogP contribution is -2.40. The van der Waals surface area contributed by atoms with Crippen molar-refractivity contribution in [2.45, 2.75) is 33.2 Å². The molecule has 3 heteroatoms. The van der Waals surface area contributed by atoms with E-state index >= 15 is 0 Å². The number of carbonyl (C=O) groups excluding carboxylic acids is 1. The summed E-state index contributed by atoms with van der Waals surface area (Å²) in [6.45, 7) is 7.06. The molecule has 0 saturated carbocycles. The average molecular weight is 246 g/mol. The molecule has 2 rings (SSSR count). The van der Waals surface area contributed by atoms with Crippen molar-refractivity contribution < 1.29 is 4.79 Å². The van der Waals surface area contributed by atoms with Gasteiger partial charge < -0.3 is 5.73 Å². The molecule has 1 amide bonds. The zero-order valence-corrected chi connectivity index (χ0v) is 11.3. The van der Waals surface area contributed by atoms with Gasteiger partial charge >= 0.3 is 0 Å². The van der Waals surface area contributed by atoms with Crippen LogP contribution in [-0.2, 0) is 11.3 Å². The van der Waals surface area contributed by atoms with E-state index in [-0.39, 0.29) is 11.8 Å². The molecule has 1 saturated heterocycles. The molecule has 0 spiro atoms. The number of nitrogens with zero attached hydrogens (tertiary/aromatic N) is 1. The number of primary amides is 1. The second-order valence-corrected chi connectivity index (χ2v) is 5.40. The van der Waals surface area contributed by atoms with E-state index in [0.29, 0.717) is 0 Å². The first kappa shape index (κ1) is 13.1. The lowest BCUT2D eigenvalue weighted by molar-refractivity contribution is -0.123. The van der Waals surface area contributed by atoms with E-state index in [4.69, 9.17) is 5.73 Å². The fraction of sp³-hybridized carbons (Fsp3) is 0.533. The van der Waals surface area contributed by atoms with Crippen molar-refractivity contribution in [3.63, 3.8) is 0 Å². The predicted octanol–water partition coefficient (Wildman–Crippen LogP) is 2.00. The van der Waals surface area contributed by atoms with Crippen LogP contribution in [0.15, 0.2) is 18.2 Å². The number of rotatable bonds is 3. The van der Waals surface area contributed by atoms with Crippen LogP contribution in [0.25, 0.3) is 0 Å². The second kappa shape index (κ2) is 5.53. The third-order valence-corrected chi connectivity index (χ3v) is 3.89. The van der Waals surface area contributed by atoms with Gasteiger partial charge in [-0.3, -0.25) is 9.69 Å². The molecule has 1 unspecified atom stereocenters. The van der Waals surface area contributed by atoms with Crippen LogP contribution in [0, 0.1) is 19.8 Å². The summed E-state index contributed by atoms with van der Waals surface area (Å²) in [5, 5.41) is 0. The van der Waals surface area contributed by atoms with Crippen molar-refractivity contribution in [3.8, 4) is 0 Å². The summed E-state index contributed by atoms with van der Waals surface area (Å²) < 4.78 is 0. The summed E-state index contributed by atoms with van der Waals surface area (Å²) in [6, 6.07) is 6.58. The molecule has 18 heavy (non-hydrogen) atoms. The molecule has 1 aromatic rings. The summed E-state index contributed by atoms with van der Waals surface area (Å²) in [5.41, 5.74) is 9.38. The molecular formula is C15H22N2O. The Bertz CT molecular complexity index is 442. The number of aryl methyl sites for hydroxylation is 2. The molecule has 0 aliphatic carbocycles. The normalized spacial score (nSPS) is 20.9. The van der Waals surface area contributed by atoms with Gasteiger partial charge in [-0.05, 0) is 49.9 Å². The van der Waals surface area contributed by atoms with Crippen LogP contribution < -0.4 is 5.73 Å². The molecule has 1 atom stereocenters. The maximum Gasteiger partial charge on any atom is 0.221 e. The van der Waals surface area contributed by atoms with Crippen LogP contribution in [0.3, 0.4) is 0 Å². The van der Waals surface area contributed by atoms with E-state index in [9.17, 15) is 4.79 Å². The summed E-state index contributed by atoms with van der Waals surface area (Å²) in [7, 11) is 0. The van der Waals surface area contributed by atoms with Crippen LogP contribution in [0.2, 0.25) is 0 Å². The van der Waals surface area contributed by atoms with Crippen molar-refractivity contribution >= 4 is 5.91 Å². The maximum atomic E-state index is 11.2. The van der Waals surface area contributed by atoms with Gasteiger partial charge in [-0.2, -0.15) is 0 Å². The molecule has 3 nitrogen and oxygen atoms in total. The van der Waals surface area contributed by atoms with E-state index in [1.807, 2.05) is 0 Å². The van der Waals surface area contributed by atoms with Crippen molar-refractivity contribution in [2.75, 3.05) is 13.1 Å². The van der Waals surface area contributed by atoms with E-state index in [1.165, 1.54) is 16.7 Å². The number of piperidine rings is 1. The number of amides is 1. The van der Waals surface area contributed by atoms with Crippen LogP contribution in [-0.4, -0.2) is 23.9 Å². The zero-order valence-electron chi connectivity index (χ0n) is 11.3. The number of hydrogen-bond acceptors (Lipinski definition) is 2. The van der Waals surface area contributed by atoms with Gasteiger partial charge in [-0.1, -0.05) is 18.2 Å². The Kier molecular flexibility index (Phi) is 4.02. The predicted molar refractivity (Wildman–Crippen MR) is 73.1 cm³/mol. The lowest BCUT2D eigenvalue weighted by Gasteiger charge is -2.31. The quantitative estimate of drug-likeness (QED) is 0.886. The fourth-order valence-electron chi connectivity index (χ4n) is 2.59. The van der Waals surface area contributed by atoms with E-state index in [1.54, 1.807) is 0 Å². The summed E-state index contributed by atoms with van der Waals surface area (Å²) in [4.78, 5) is 13.6. The standard InChI is InChI=1S/C15H22N2O/c1-11-5-6-13(8-12(11)2)9-17-7-3-4-14(10-17)15(16)18/h5-6,8,14H,3-4,7,9-10H2,1-2H3,(H2,16,18). The highest BCUT2D eigenvalue weighted by atomic mass is 16.1. The average Bonchev–Trinajstić information content (AvgIpc) is 2.34. The molecule has 0 aromatic heterocycles. The Labute approximate surface area is 109 Å². The van der Waals surface area contributed by atoms with Gasteiger partial charge in [0.25, 0.3) is 0 Å².